The molecular formula is C15H19N3O2. The fourth-order valence-corrected chi connectivity index (χ4v) is 3.13. The lowest BCUT2D eigenvalue weighted by atomic mass is 10.0. The van der Waals surface area contributed by atoms with E-state index in [0.29, 0.717) is 23.4 Å². The predicted octanol–water partition coefficient (Wildman–Crippen LogP) is 2.66. The number of aromatic nitrogens is 2. The van der Waals surface area contributed by atoms with E-state index >= 15 is 0 Å². The smallest absolute Gasteiger partial charge is 0.356 e. The van der Waals surface area contributed by atoms with Crippen LogP contribution in [0.5, 0.6) is 0 Å². The van der Waals surface area contributed by atoms with Gasteiger partial charge in [0.15, 0.2) is 11.5 Å². The molecule has 0 radical (unpaired) electrons. The molecule has 0 spiro atoms. The molecule has 1 aliphatic rings. The van der Waals surface area contributed by atoms with Crippen molar-refractivity contribution in [1.82, 2.24) is 9.38 Å². The third kappa shape index (κ3) is 1.94. The van der Waals surface area contributed by atoms with Gasteiger partial charge in [0.1, 0.15) is 5.65 Å². The highest BCUT2D eigenvalue weighted by molar-refractivity contribution is 5.93. The summed E-state index contributed by atoms with van der Waals surface area (Å²) in [5.41, 5.74) is 0.961. The maximum absolute atomic E-state index is 11.6. The van der Waals surface area contributed by atoms with Crippen molar-refractivity contribution in [3.05, 3.63) is 30.1 Å². The van der Waals surface area contributed by atoms with Crippen molar-refractivity contribution in [3.63, 3.8) is 0 Å². The van der Waals surface area contributed by atoms with Crippen molar-refractivity contribution < 1.29 is 9.90 Å². The third-order valence-electron chi connectivity index (χ3n) is 4.05. The van der Waals surface area contributed by atoms with Crippen molar-refractivity contribution in [1.29, 1.82) is 0 Å². The van der Waals surface area contributed by atoms with Crippen molar-refractivity contribution >= 4 is 17.4 Å². The summed E-state index contributed by atoms with van der Waals surface area (Å²) in [4.78, 5) is 18.4. The van der Waals surface area contributed by atoms with Crippen LogP contribution in [0.1, 0.15) is 37.2 Å². The van der Waals surface area contributed by atoms with Crippen LogP contribution in [0.2, 0.25) is 0 Å². The van der Waals surface area contributed by atoms with Crippen LogP contribution in [0.3, 0.4) is 0 Å². The van der Waals surface area contributed by atoms with E-state index in [4.69, 9.17) is 0 Å². The Bertz CT molecular complexity index is 648. The summed E-state index contributed by atoms with van der Waals surface area (Å²) in [6.45, 7) is 5.24. The quantitative estimate of drug-likeness (QED) is 0.934. The number of aromatic carboxylic acids is 1. The molecule has 3 heterocycles. The Morgan fingerprint density at radius 3 is 2.95 bits per heavy atom. The summed E-state index contributed by atoms with van der Waals surface area (Å²) < 4.78 is 1.66. The van der Waals surface area contributed by atoms with Gasteiger partial charge >= 0.3 is 5.97 Å². The van der Waals surface area contributed by atoms with Gasteiger partial charge in [0.2, 0.25) is 0 Å². The number of carbonyl (C=O) groups is 1. The highest BCUT2D eigenvalue weighted by Crippen LogP contribution is 2.32. The normalized spacial score (nSPS) is 19.1. The lowest BCUT2D eigenvalue weighted by Crippen LogP contribution is -2.34. The Balaban J connectivity index is 2.15. The Hall–Kier alpha value is -2.04. The summed E-state index contributed by atoms with van der Waals surface area (Å²) in [5, 5.41) is 9.55. The lowest BCUT2D eigenvalue weighted by Gasteiger charge is -2.28. The molecule has 0 amide bonds. The van der Waals surface area contributed by atoms with Gasteiger partial charge < -0.3 is 10.0 Å². The maximum atomic E-state index is 11.6. The molecule has 1 unspecified atom stereocenters. The molecule has 3 rings (SSSR count). The maximum Gasteiger partial charge on any atom is 0.356 e. The van der Waals surface area contributed by atoms with Crippen molar-refractivity contribution in [2.45, 2.75) is 32.7 Å². The number of hydrogen-bond donors (Lipinski definition) is 1. The number of rotatable bonds is 3. The van der Waals surface area contributed by atoms with Gasteiger partial charge in [0.05, 0.1) is 0 Å². The first-order valence-corrected chi connectivity index (χ1v) is 7.06. The van der Waals surface area contributed by atoms with Crippen molar-refractivity contribution in [3.8, 4) is 0 Å². The van der Waals surface area contributed by atoms with E-state index in [1.807, 2.05) is 18.2 Å². The van der Waals surface area contributed by atoms with E-state index in [-0.39, 0.29) is 5.69 Å². The van der Waals surface area contributed by atoms with Gasteiger partial charge in [0.25, 0.3) is 0 Å². The number of imidazole rings is 1. The molecule has 1 atom stereocenters. The zero-order valence-electron chi connectivity index (χ0n) is 11.8. The molecule has 0 saturated carbocycles. The summed E-state index contributed by atoms with van der Waals surface area (Å²) in [7, 11) is 0. The first kappa shape index (κ1) is 13.0. The second-order valence-electron chi connectivity index (χ2n) is 5.66. The first-order valence-electron chi connectivity index (χ1n) is 7.06. The van der Waals surface area contributed by atoms with E-state index in [1.165, 1.54) is 0 Å². The Morgan fingerprint density at radius 1 is 1.45 bits per heavy atom. The van der Waals surface area contributed by atoms with Gasteiger partial charge in [0, 0.05) is 18.8 Å². The van der Waals surface area contributed by atoms with Crippen LogP contribution < -0.4 is 4.90 Å². The minimum absolute atomic E-state index is 0.271. The largest absolute Gasteiger partial charge is 0.476 e. The van der Waals surface area contributed by atoms with Gasteiger partial charge in [-0.05, 0) is 30.9 Å². The van der Waals surface area contributed by atoms with Crippen LogP contribution in [-0.2, 0) is 0 Å². The molecule has 0 aromatic carbocycles. The minimum atomic E-state index is -0.923. The van der Waals surface area contributed by atoms with E-state index in [9.17, 15) is 9.90 Å². The highest BCUT2D eigenvalue weighted by Gasteiger charge is 2.32. The monoisotopic (exact) mass is 273 g/mol. The molecule has 2 aromatic rings. The van der Waals surface area contributed by atoms with Crippen LogP contribution in [0.25, 0.3) is 5.65 Å². The van der Waals surface area contributed by atoms with E-state index in [2.05, 4.69) is 23.7 Å². The number of carboxylic acids is 1. The molecule has 5 heteroatoms. The number of carboxylic acid groups (broad SMARTS) is 1. The number of hydrogen-bond acceptors (Lipinski definition) is 3. The molecule has 0 bridgehead atoms. The van der Waals surface area contributed by atoms with Gasteiger partial charge in [-0.25, -0.2) is 9.78 Å². The summed E-state index contributed by atoms with van der Waals surface area (Å²) in [5.74, 6) is 0.178. The van der Waals surface area contributed by atoms with Crippen molar-refractivity contribution in [2.75, 3.05) is 11.4 Å². The van der Waals surface area contributed by atoms with E-state index < -0.39 is 5.97 Å². The zero-order chi connectivity index (χ0) is 14.3. The van der Waals surface area contributed by atoms with Crippen LogP contribution in [0.15, 0.2) is 24.4 Å². The highest BCUT2D eigenvalue weighted by atomic mass is 16.4. The van der Waals surface area contributed by atoms with Crippen LogP contribution in [0.4, 0.5) is 5.82 Å². The summed E-state index contributed by atoms with van der Waals surface area (Å²) in [6.07, 6.45) is 3.95. The van der Waals surface area contributed by atoms with Crippen LogP contribution in [-0.4, -0.2) is 33.0 Å². The molecule has 5 nitrogen and oxygen atoms in total. The van der Waals surface area contributed by atoms with Gasteiger partial charge in [-0.1, -0.05) is 19.9 Å². The average molecular weight is 273 g/mol. The van der Waals surface area contributed by atoms with Crippen LogP contribution >= 0.6 is 0 Å². The topological polar surface area (TPSA) is 57.8 Å². The number of pyridine rings is 1. The third-order valence-corrected chi connectivity index (χ3v) is 4.05. The lowest BCUT2D eigenvalue weighted by molar-refractivity contribution is 0.0690. The van der Waals surface area contributed by atoms with Crippen LogP contribution in [0, 0.1) is 5.92 Å². The molecule has 20 heavy (non-hydrogen) atoms. The number of fused-ring (bicyclic) bond motifs is 1. The Kier molecular flexibility index (Phi) is 3.12. The second kappa shape index (κ2) is 4.81. The summed E-state index contributed by atoms with van der Waals surface area (Å²) >= 11 is 0. The Labute approximate surface area is 117 Å². The summed E-state index contributed by atoms with van der Waals surface area (Å²) in [6, 6.07) is 5.92. The molecule has 106 valence electrons. The molecule has 1 saturated heterocycles. The second-order valence-corrected chi connectivity index (χ2v) is 5.66. The van der Waals surface area contributed by atoms with E-state index in [1.54, 1.807) is 10.6 Å². The first-order chi connectivity index (χ1) is 9.59. The van der Waals surface area contributed by atoms with Gasteiger partial charge in [-0.15, -0.1) is 0 Å². The van der Waals surface area contributed by atoms with Crippen molar-refractivity contribution in [2.24, 2.45) is 5.92 Å². The van der Waals surface area contributed by atoms with E-state index in [0.717, 1.165) is 19.4 Å². The number of anilines is 1. The molecule has 1 fully saturated rings. The van der Waals surface area contributed by atoms with Gasteiger partial charge in [-0.3, -0.25) is 4.40 Å². The molecule has 0 aliphatic carbocycles. The molecule has 1 aliphatic heterocycles. The van der Waals surface area contributed by atoms with Gasteiger partial charge in [-0.2, -0.15) is 0 Å². The fourth-order valence-electron chi connectivity index (χ4n) is 3.13. The predicted molar refractivity (Wildman–Crippen MR) is 77.4 cm³/mol. The zero-order valence-corrected chi connectivity index (χ0v) is 11.8. The fraction of sp³-hybridized carbons (Fsp3) is 0.467. The molecular weight excluding hydrogens is 254 g/mol. The molecule has 1 N–H and O–H groups in total. The molecule has 2 aromatic heterocycles. The minimum Gasteiger partial charge on any atom is -0.476 e. The average Bonchev–Trinajstić information content (AvgIpc) is 3.02. The standard InChI is InChI=1S/C15H19N3O2/c1-10(2)11-6-5-9-17(11)14-13(15(19)20)18-8-4-3-7-12(18)16-14/h3-4,7-8,10-11H,5-6,9H2,1-2H3,(H,19,20). The number of nitrogens with zero attached hydrogens (tertiary/aromatic N) is 3. The Morgan fingerprint density at radius 2 is 2.25 bits per heavy atom. The SMILES string of the molecule is CC(C)C1CCCN1c1nc2ccccn2c1C(=O)O.